The van der Waals surface area contributed by atoms with Crippen LogP contribution in [0.1, 0.15) is 23.6 Å². The van der Waals surface area contributed by atoms with Crippen molar-refractivity contribution in [3.63, 3.8) is 0 Å². The van der Waals surface area contributed by atoms with E-state index in [0.717, 1.165) is 27.1 Å². The van der Waals surface area contributed by atoms with Gasteiger partial charge in [0.1, 0.15) is 23.0 Å². The molecule has 32 heavy (non-hydrogen) atoms. The van der Waals surface area contributed by atoms with Gasteiger partial charge in [0.15, 0.2) is 0 Å². The Bertz CT molecular complexity index is 1430. The van der Waals surface area contributed by atoms with Crippen LogP contribution in [-0.2, 0) is 5.41 Å². The smallest absolute Gasteiger partial charge is 0.123 e. The van der Waals surface area contributed by atoms with Crippen LogP contribution in [-0.4, -0.2) is 20.4 Å². The third kappa shape index (κ3) is 3.08. The minimum absolute atomic E-state index is 0.0477. The van der Waals surface area contributed by atoms with E-state index >= 15 is 0 Å². The van der Waals surface area contributed by atoms with Crippen molar-refractivity contribution in [2.75, 3.05) is 0 Å². The fraction of sp³-hybridized carbons (Fsp3) is 0.0714. The number of rotatable bonds is 3. The van der Waals surface area contributed by atoms with Gasteiger partial charge in [-0.25, -0.2) is 0 Å². The van der Waals surface area contributed by atoms with Crippen molar-refractivity contribution in [2.45, 2.75) is 12.3 Å². The molecule has 0 saturated heterocycles. The molecule has 5 aromatic carbocycles. The first-order chi connectivity index (χ1) is 15.4. The zero-order chi connectivity index (χ0) is 22.5. The Morgan fingerprint density at radius 3 is 1.53 bits per heavy atom. The molecule has 0 aliphatic heterocycles. The van der Waals surface area contributed by atoms with Gasteiger partial charge in [0.05, 0.1) is 0 Å². The molecule has 0 amide bonds. The second-order valence-corrected chi connectivity index (χ2v) is 8.29. The maximum Gasteiger partial charge on any atom is 0.123 e. The lowest BCUT2D eigenvalue weighted by molar-refractivity contribution is 0.427. The minimum Gasteiger partial charge on any atom is -0.508 e. The normalized spacial score (nSPS) is 11.8. The molecule has 0 bridgehead atoms. The Morgan fingerprint density at radius 1 is 0.500 bits per heavy atom. The fourth-order valence-electron chi connectivity index (χ4n) is 4.59. The molecule has 158 valence electrons. The summed E-state index contributed by atoms with van der Waals surface area (Å²) in [6.45, 7) is 1.91. The van der Waals surface area contributed by atoms with Gasteiger partial charge in [0.25, 0.3) is 0 Å². The lowest BCUT2D eigenvalue weighted by atomic mass is 9.70. The highest BCUT2D eigenvalue weighted by Gasteiger charge is 2.36. The van der Waals surface area contributed by atoms with E-state index in [1.165, 1.54) is 24.3 Å². The van der Waals surface area contributed by atoms with Crippen molar-refractivity contribution < 1.29 is 20.4 Å². The molecule has 0 radical (unpaired) electrons. The largest absolute Gasteiger partial charge is 0.508 e. The Hall–Kier alpha value is -4.18. The average molecular weight is 422 g/mol. The van der Waals surface area contributed by atoms with E-state index in [1.807, 2.05) is 31.2 Å². The van der Waals surface area contributed by atoms with Gasteiger partial charge in [-0.1, -0.05) is 48.5 Å². The van der Waals surface area contributed by atoms with E-state index < -0.39 is 5.41 Å². The van der Waals surface area contributed by atoms with Crippen LogP contribution in [0.2, 0.25) is 0 Å². The summed E-state index contributed by atoms with van der Waals surface area (Å²) < 4.78 is 0. The molecule has 0 aliphatic rings. The molecule has 0 aromatic heterocycles. The van der Waals surface area contributed by atoms with E-state index in [2.05, 4.69) is 30.3 Å². The summed E-state index contributed by atoms with van der Waals surface area (Å²) in [6, 6.07) is 27.4. The quantitative estimate of drug-likeness (QED) is 0.207. The van der Waals surface area contributed by atoms with Gasteiger partial charge in [-0.05, 0) is 64.4 Å². The summed E-state index contributed by atoms with van der Waals surface area (Å²) in [5.74, 6) is -0.265. The Kier molecular flexibility index (Phi) is 4.45. The number of hydrogen-bond donors (Lipinski definition) is 4. The first kappa shape index (κ1) is 19.8. The number of aromatic hydroxyl groups is 4. The van der Waals surface area contributed by atoms with Gasteiger partial charge in [-0.15, -0.1) is 0 Å². The van der Waals surface area contributed by atoms with E-state index in [4.69, 9.17) is 0 Å². The standard InChI is InChI=1S/C28H22O4/c1-28(24-10-8-22(29)15-26(24)31,25-11-9-23(30)16-27(25)32)21-7-6-19-12-17-4-2-3-5-18(17)13-20(19)14-21/h2-16,29-32H,1H3. The molecule has 0 saturated carbocycles. The molecule has 4 N–H and O–H groups in total. The summed E-state index contributed by atoms with van der Waals surface area (Å²) in [4.78, 5) is 0. The highest BCUT2D eigenvalue weighted by molar-refractivity contribution is 5.98. The van der Waals surface area contributed by atoms with E-state index in [0.29, 0.717) is 11.1 Å². The van der Waals surface area contributed by atoms with Crippen molar-refractivity contribution >= 4 is 21.5 Å². The number of hydrogen-bond acceptors (Lipinski definition) is 4. The summed E-state index contributed by atoms with van der Waals surface area (Å²) in [6.07, 6.45) is 0. The van der Waals surface area contributed by atoms with Crippen LogP contribution in [0.3, 0.4) is 0 Å². The molecule has 0 aliphatic carbocycles. The molecule has 0 heterocycles. The van der Waals surface area contributed by atoms with E-state index in [1.54, 1.807) is 12.1 Å². The molecular weight excluding hydrogens is 400 g/mol. The number of phenolic OH excluding ortho intramolecular Hbond substituents is 4. The van der Waals surface area contributed by atoms with Gasteiger partial charge in [0.2, 0.25) is 0 Å². The van der Waals surface area contributed by atoms with Gasteiger partial charge in [0, 0.05) is 28.7 Å². The summed E-state index contributed by atoms with van der Waals surface area (Å²) >= 11 is 0. The van der Waals surface area contributed by atoms with Gasteiger partial charge in [-0.3, -0.25) is 0 Å². The first-order valence-electron chi connectivity index (χ1n) is 10.3. The van der Waals surface area contributed by atoms with Crippen LogP contribution in [0, 0.1) is 0 Å². The van der Waals surface area contributed by atoms with Crippen LogP contribution in [0.15, 0.2) is 91.0 Å². The number of benzene rings is 5. The zero-order valence-electron chi connectivity index (χ0n) is 17.4. The maximum atomic E-state index is 10.8. The lowest BCUT2D eigenvalue weighted by Gasteiger charge is -2.33. The monoisotopic (exact) mass is 422 g/mol. The van der Waals surface area contributed by atoms with Crippen molar-refractivity contribution in [3.8, 4) is 23.0 Å². The van der Waals surface area contributed by atoms with E-state index in [9.17, 15) is 20.4 Å². The summed E-state index contributed by atoms with van der Waals surface area (Å²) in [7, 11) is 0. The molecule has 4 heteroatoms. The molecule has 4 nitrogen and oxygen atoms in total. The molecule has 5 rings (SSSR count). The van der Waals surface area contributed by atoms with Gasteiger partial charge in [-0.2, -0.15) is 0 Å². The van der Waals surface area contributed by atoms with Crippen LogP contribution in [0.4, 0.5) is 0 Å². The van der Waals surface area contributed by atoms with Crippen LogP contribution >= 0.6 is 0 Å². The number of phenols is 4. The average Bonchev–Trinajstić information content (AvgIpc) is 2.76. The molecular formula is C28H22O4. The van der Waals surface area contributed by atoms with E-state index in [-0.39, 0.29) is 23.0 Å². The SMILES string of the molecule is CC(c1ccc2cc3ccccc3cc2c1)(c1ccc(O)cc1O)c1ccc(O)cc1O. The molecule has 0 atom stereocenters. The summed E-state index contributed by atoms with van der Waals surface area (Å²) in [5, 5.41) is 45.6. The lowest BCUT2D eigenvalue weighted by Crippen LogP contribution is -2.25. The minimum atomic E-state index is -0.963. The number of fused-ring (bicyclic) bond motifs is 2. The zero-order valence-corrected chi connectivity index (χ0v) is 17.4. The second-order valence-electron chi connectivity index (χ2n) is 8.29. The van der Waals surface area contributed by atoms with Crippen molar-refractivity contribution in [1.82, 2.24) is 0 Å². The highest BCUT2D eigenvalue weighted by Crippen LogP contribution is 2.47. The van der Waals surface area contributed by atoms with Crippen LogP contribution < -0.4 is 0 Å². The third-order valence-corrected chi connectivity index (χ3v) is 6.32. The maximum absolute atomic E-state index is 10.8. The Morgan fingerprint density at radius 2 is 1.00 bits per heavy atom. The molecule has 0 unspecified atom stereocenters. The van der Waals surface area contributed by atoms with Crippen molar-refractivity contribution in [2.24, 2.45) is 0 Å². The molecule has 0 spiro atoms. The fourth-order valence-corrected chi connectivity index (χ4v) is 4.59. The van der Waals surface area contributed by atoms with Crippen LogP contribution in [0.5, 0.6) is 23.0 Å². The van der Waals surface area contributed by atoms with Crippen molar-refractivity contribution in [1.29, 1.82) is 0 Å². The Labute approximate surface area is 185 Å². The Balaban J connectivity index is 1.81. The summed E-state index contributed by atoms with van der Waals surface area (Å²) in [5.41, 5.74) is 0.935. The predicted molar refractivity (Wildman–Crippen MR) is 127 cm³/mol. The third-order valence-electron chi connectivity index (χ3n) is 6.32. The highest BCUT2D eigenvalue weighted by atomic mass is 16.3. The van der Waals surface area contributed by atoms with Crippen molar-refractivity contribution in [3.05, 3.63) is 108 Å². The molecule has 0 fully saturated rings. The topological polar surface area (TPSA) is 80.9 Å². The van der Waals surface area contributed by atoms with Gasteiger partial charge >= 0.3 is 0 Å². The second kappa shape index (κ2) is 7.20. The van der Waals surface area contributed by atoms with Gasteiger partial charge < -0.3 is 20.4 Å². The first-order valence-corrected chi connectivity index (χ1v) is 10.3. The molecule has 5 aromatic rings. The predicted octanol–water partition coefficient (Wildman–Crippen LogP) is 6.17. The van der Waals surface area contributed by atoms with Crippen LogP contribution in [0.25, 0.3) is 21.5 Å².